The summed E-state index contributed by atoms with van der Waals surface area (Å²) in [5.41, 5.74) is 1.24. The van der Waals surface area contributed by atoms with E-state index in [1.165, 1.54) is 5.56 Å². The molecule has 4 heteroatoms. The average molecular weight is 231 g/mol. The van der Waals surface area contributed by atoms with Gasteiger partial charge in [0.05, 0.1) is 13.4 Å². The van der Waals surface area contributed by atoms with Crippen molar-refractivity contribution >= 4 is 0 Å². The predicted octanol–water partition coefficient (Wildman–Crippen LogP) is 1.85. The van der Waals surface area contributed by atoms with Crippen LogP contribution in [0.3, 0.4) is 0 Å². The van der Waals surface area contributed by atoms with Crippen LogP contribution < -0.4 is 10.1 Å². The summed E-state index contributed by atoms with van der Waals surface area (Å²) in [5.74, 6) is 0.881. The van der Waals surface area contributed by atoms with Crippen LogP contribution in [0, 0.1) is 0 Å². The number of benzene rings is 1. The zero-order valence-corrected chi connectivity index (χ0v) is 10.1. The summed E-state index contributed by atoms with van der Waals surface area (Å²) in [5, 5.41) is 3.30. The maximum atomic E-state index is 5.15. The molecule has 2 rings (SSSR count). The third-order valence-electron chi connectivity index (χ3n) is 2.82. The van der Waals surface area contributed by atoms with Crippen molar-refractivity contribution in [3.8, 4) is 5.75 Å². The van der Waals surface area contributed by atoms with Crippen LogP contribution in [-0.4, -0.2) is 23.7 Å². The van der Waals surface area contributed by atoms with Crippen molar-refractivity contribution in [3.63, 3.8) is 0 Å². The predicted molar refractivity (Wildman–Crippen MR) is 67.0 cm³/mol. The fourth-order valence-electron chi connectivity index (χ4n) is 1.81. The molecule has 0 saturated carbocycles. The molecule has 1 aromatic heterocycles. The number of methoxy groups -OCH3 is 1. The number of nitrogens with one attached hydrogen (secondary N) is 1. The van der Waals surface area contributed by atoms with E-state index >= 15 is 0 Å². The van der Waals surface area contributed by atoms with E-state index in [-0.39, 0.29) is 6.04 Å². The fourth-order valence-corrected chi connectivity index (χ4v) is 1.81. The Kier molecular flexibility index (Phi) is 3.77. The van der Waals surface area contributed by atoms with Gasteiger partial charge in [-0.15, -0.1) is 0 Å². The first-order chi connectivity index (χ1) is 8.33. The lowest BCUT2D eigenvalue weighted by Crippen LogP contribution is -2.21. The van der Waals surface area contributed by atoms with Crippen LogP contribution >= 0.6 is 0 Å². The highest BCUT2D eigenvalue weighted by atomic mass is 16.5. The number of ether oxygens (including phenoxy) is 1. The Labute approximate surface area is 101 Å². The van der Waals surface area contributed by atoms with Gasteiger partial charge in [-0.3, -0.25) is 0 Å². The first kappa shape index (κ1) is 11.7. The van der Waals surface area contributed by atoms with E-state index in [0.29, 0.717) is 0 Å². The topological polar surface area (TPSA) is 39.1 Å². The SMILES string of the molecule is CNC(Cn1ccnc1)c1ccc(OC)cc1. The molecule has 4 nitrogen and oxygen atoms in total. The number of likely N-dealkylation sites (N-methyl/N-ethyl adjacent to an activating group) is 1. The molecule has 1 unspecified atom stereocenters. The highest BCUT2D eigenvalue weighted by Gasteiger charge is 2.09. The van der Waals surface area contributed by atoms with Gasteiger partial charge in [0.1, 0.15) is 5.75 Å². The second-order valence-corrected chi connectivity index (χ2v) is 3.87. The lowest BCUT2D eigenvalue weighted by Gasteiger charge is -2.17. The molecular formula is C13H17N3O. The molecule has 17 heavy (non-hydrogen) atoms. The van der Waals surface area contributed by atoms with Crippen molar-refractivity contribution in [2.24, 2.45) is 0 Å². The van der Waals surface area contributed by atoms with Crippen molar-refractivity contribution < 1.29 is 4.74 Å². The van der Waals surface area contributed by atoms with E-state index < -0.39 is 0 Å². The van der Waals surface area contributed by atoms with Crippen molar-refractivity contribution in [2.75, 3.05) is 14.2 Å². The first-order valence-corrected chi connectivity index (χ1v) is 5.60. The Morgan fingerprint density at radius 1 is 1.35 bits per heavy atom. The summed E-state index contributed by atoms with van der Waals surface area (Å²) in [4.78, 5) is 4.05. The molecule has 2 aromatic rings. The Hall–Kier alpha value is -1.81. The molecule has 0 fully saturated rings. The fraction of sp³-hybridized carbons (Fsp3) is 0.308. The smallest absolute Gasteiger partial charge is 0.118 e. The van der Waals surface area contributed by atoms with Crippen LogP contribution in [0.4, 0.5) is 0 Å². The molecule has 0 bridgehead atoms. The quantitative estimate of drug-likeness (QED) is 0.853. The van der Waals surface area contributed by atoms with Crippen LogP contribution in [-0.2, 0) is 6.54 Å². The van der Waals surface area contributed by atoms with E-state index in [4.69, 9.17) is 4.74 Å². The molecule has 0 aliphatic heterocycles. The van der Waals surface area contributed by atoms with E-state index in [1.54, 1.807) is 13.3 Å². The van der Waals surface area contributed by atoms with Gasteiger partial charge in [0.2, 0.25) is 0 Å². The Morgan fingerprint density at radius 2 is 2.12 bits per heavy atom. The minimum atomic E-state index is 0.273. The maximum absolute atomic E-state index is 5.15. The molecule has 1 atom stereocenters. The van der Waals surface area contributed by atoms with Gasteiger partial charge in [-0.2, -0.15) is 0 Å². The summed E-state index contributed by atoms with van der Waals surface area (Å²) < 4.78 is 7.21. The van der Waals surface area contributed by atoms with Gasteiger partial charge in [0.15, 0.2) is 0 Å². The molecule has 1 heterocycles. The van der Waals surface area contributed by atoms with E-state index in [1.807, 2.05) is 31.7 Å². The summed E-state index contributed by atoms with van der Waals surface area (Å²) in [6.07, 6.45) is 5.59. The largest absolute Gasteiger partial charge is 0.497 e. The van der Waals surface area contributed by atoms with Crippen LogP contribution in [0.15, 0.2) is 43.0 Å². The maximum Gasteiger partial charge on any atom is 0.118 e. The molecule has 1 N–H and O–H groups in total. The minimum Gasteiger partial charge on any atom is -0.497 e. The first-order valence-electron chi connectivity index (χ1n) is 5.60. The van der Waals surface area contributed by atoms with Gasteiger partial charge < -0.3 is 14.6 Å². The van der Waals surface area contributed by atoms with Crippen molar-refractivity contribution in [3.05, 3.63) is 48.5 Å². The summed E-state index contributed by atoms with van der Waals surface area (Å²) in [7, 11) is 3.64. The number of nitrogens with zero attached hydrogens (tertiary/aromatic N) is 2. The monoisotopic (exact) mass is 231 g/mol. The number of hydrogen-bond donors (Lipinski definition) is 1. The second kappa shape index (κ2) is 5.50. The zero-order chi connectivity index (χ0) is 12.1. The molecule has 0 saturated heterocycles. The lowest BCUT2D eigenvalue weighted by atomic mass is 10.1. The molecule has 0 aliphatic rings. The van der Waals surface area contributed by atoms with Gasteiger partial charge in [-0.1, -0.05) is 12.1 Å². The third-order valence-corrected chi connectivity index (χ3v) is 2.82. The van der Waals surface area contributed by atoms with Gasteiger partial charge in [0.25, 0.3) is 0 Å². The van der Waals surface area contributed by atoms with E-state index in [2.05, 4.69) is 27.0 Å². The van der Waals surface area contributed by atoms with Crippen molar-refractivity contribution in [1.82, 2.24) is 14.9 Å². The number of rotatable bonds is 5. The normalized spacial score (nSPS) is 12.4. The number of imidazole rings is 1. The van der Waals surface area contributed by atoms with Gasteiger partial charge in [-0.25, -0.2) is 4.98 Å². The molecular weight excluding hydrogens is 214 g/mol. The highest BCUT2D eigenvalue weighted by Crippen LogP contribution is 2.18. The number of aromatic nitrogens is 2. The van der Waals surface area contributed by atoms with Crippen molar-refractivity contribution in [2.45, 2.75) is 12.6 Å². The van der Waals surface area contributed by atoms with Gasteiger partial charge in [0, 0.05) is 25.0 Å². The van der Waals surface area contributed by atoms with E-state index in [0.717, 1.165) is 12.3 Å². The average Bonchev–Trinajstić information content (AvgIpc) is 2.89. The molecule has 90 valence electrons. The van der Waals surface area contributed by atoms with Crippen LogP contribution in [0.1, 0.15) is 11.6 Å². The molecule has 0 radical (unpaired) electrons. The Bertz CT molecular complexity index is 436. The summed E-state index contributed by atoms with van der Waals surface area (Å²) in [6.45, 7) is 0.864. The molecule has 0 spiro atoms. The highest BCUT2D eigenvalue weighted by molar-refractivity contribution is 5.29. The van der Waals surface area contributed by atoms with Crippen LogP contribution in [0.25, 0.3) is 0 Å². The third kappa shape index (κ3) is 2.85. The molecule has 0 aliphatic carbocycles. The standard InChI is InChI=1S/C13H17N3O/c1-14-13(9-16-8-7-15-10-16)11-3-5-12(17-2)6-4-11/h3-8,10,13-14H,9H2,1-2H3. The lowest BCUT2D eigenvalue weighted by molar-refractivity contribution is 0.414. The van der Waals surface area contributed by atoms with Gasteiger partial charge >= 0.3 is 0 Å². The van der Waals surface area contributed by atoms with E-state index in [9.17, 15) is 0 Å². The van der Waals surface area contributed by atoms with Crippen LogP contribution in [0.2, 0.25) is 0 Å². The second-order valence-electron chi connectivity index (χ2n) is 3.87. The summed E-state index contributed by atoms with van der Waals surface area (Å²) >= 11 is 0. The van der Waals surface area contributed by atoms with Gasteiger partial charge in [-0.05, 0) is 24.7 Å². The van der Waals surface area contributed by atoms with Crippen LogP contribution in [0.5, 0.6) is 5.75 Å². The minimum absolute atomic E-state index is 0.273. The molecule has 0 amide bonds. The summed E-state index contributed by atoms with van der Waals surface area (Å²) in [6, 6.07) is 8.39. The van der Waals surface area contributed by atoms with Crippen molar-refractivity contribution in [1.29, 1.82) is 0 Å². The molecule has 1 aromatic carbocycles. The number of hydrogen-bond acceptors (Lipinski definition) is 3. The zero-order valence-electron chi connectivity index (χ0n) is 10.1. The Balaban J connectivity index is 2.11. The Morgan fingerprint density at radius 3 is 2.65 bits per heavy atom.